The third kappa shape index (κ3) is 4.00. The molecule has 0 amide bonds. The Hall–Kier alpha value is -2.91. The first-order valence-corrected chi connectivity index (χ1v) is 9.22. The summed E-state index contributed by atoms with van der Waals surface area (Å²) in [6, 6.07) is 6.90. The zero-order valence-electron chi connectivity index (χ0n) is 14.7. The molecule has 0 radical (unpaired) electrons. The molecule has 144 valence electrons. The molecule has 4 rings (SSSR count). The van der Waals surface area contributed by atoms with Gasteiger partial charge in [-0.15, -0.1) is 0 Å². The summed E-state index contributed by atoms with van der Waals surface area (Å²) in [5.74, 6) is 1.59. The van der Waals surface area contributed by atoms with Crippen LogP contribution in [0.1, 0.15) is 24.5 Å². The Bertz CT molecular complexity index is 1040. The van der Waals surface area contributed by atoms with E-state index in [-0.39, 0.29) is 17.5 Å². The van der Waals surface area contributed by atoms with Crippen LogP contribution in [-0.4, -0.2) is 32.2 Å². The Morgan fingerprint density at radius 3 is 2.79 bits per heavy atom. The molecule has 1 aromatic carbocycles. The predicted molar refractivity (Wildman–Crippen MR) is 106 cm³/mol. The number of aromatic nitrogens is 4. The highest BCUT2D eigenvalue weighted by atomic mass is 35.5. The SMILES string of the molecule is CO[N+](=O)c1cnc(Nc2ccc(Cl)cc2Cl)nc1Nc1cc(C2CC2)n[nH]1. The first-order valence-electron chi connectivity index (χ1n) is 8.46. The largest absolute Gasteiger partial charge is 0.377 e. The molecule has 1 aliphatic carbocycles. The highest BCUT2D eigenvalue weighted by Gasteiger charge is 2.28. The molecule has 3 N–H and O–H groups in total. The Labute approximate surface area is 170 Å². The van der Waals surface area contributed by atoms with E-state index in [0.717, 1.165) is 18.5 Å². The molecule has 0 unspecified atom stereocenters. The van der Waals surface area contributed by atoms with Crippen LogP contribution in [-0.2, 0) is 4.84 Å². The minimum atomic E-state index is 0.109. The fourth-order valence-corrected chi connectivity index (χ4v) is 3.04. The number of halogens is 2. The maximum atomic E-state index is 12.0. The Morgan fingerprint density at radius 1 is 1.25 bits per heavy atom. The maximum Gasteiger partial charge on any atom is 0.377 e. The van der Waals surface area contributed by atoms with Gasteiger partial charge < -0.3 is 10.6 Å². The fourth-order valence-electron chi connectivity index (χ4n) is 2.59. The lowest BCUT2D eigenvalue weighted by Crippen LogP contribution is -2.07. The standard InChI is InChI=1S/C17H16Cl2N7O2/c1-28-26(27)14-8-20-17(21-12-5-4-10(18)6-11(12)19)23-16(14)22-15-7-13(24-25-15)9-2-3-9/h4-9H,2-3H2,1H3,(H3,20,21,22,23,24,25)/q+1. The number of anilines is 4. The number of H-pyrrole nitrogens is 1. The molecule has 0 atom stereocenters. The van der Waals surface area contributed by atoms with E-state index in [9.17, 15) is 4.91 Å². The summed E-state index contributed by atoms with van der Waals surface area (Å²) in [6.45, 7) is 0. The third-order valence-corrected chi connectivity index (χ3v) is 4.70. The average Bonchev–Trinajstić information content (AvgIpc) is 3.43. The van der Waals surface area contributed by atoms with Crippen LogP contribution in [0.5, 0.6) is 0 Å². The zero-order chi connectivity index (χ0) is 19.7. The fraction of sp³-hybridized carbons (Fsp3) is 0.235. The van der Waals surface area contributed by atoms with E-state index < -0.39 is 0 Å². The monoisotopic (exact) mass is 420 g/mol. The number of benzene rings is 1. The molecule has 0 saturated heterocycles. The van der Waals surface area contributed by atoms with Crippen LogP contribution in [0, 0.1) is 4.91 Å². The molecule has 0 bridgehead atoms. The molecule has 28 heavy (non-hydrogen) atoms. The van der Waals surface area contributed by atoms with Crippen molar-refractivity contribution in [3.63, 3.8) is 0 Å². The normalized spacial score (nSPS) is 13.2. The lowest BCUT2D eigenvalue weighted by atomic mass is 10.3. The number of hydrogen-bond acceptors (Lipinski definition) is 7. The van der Waals surface area contributed by atoms with Crippen molar-refractivity contribution in [2.75, 3.05) is 17.7 Å². The van der Waals surface area contributed by atoms with Crippen molar-refractivity contribution < 1.29 is 9.76 Å². The molecule has 1 saturated carbocycles. The molecular formula is C17H16Cl2N7O2+. The van der Waals surface area contributed by atoms with Gasteiger partial charge >= 0.3 is 5.69 Å². The molecule has 0 spiro atoms. The van der Waals surface area contributed by atoms with Gasteiger partial charge in [0.05, 0.1) is 21.3 Å². The summed E-state index contributed by atoms with van der Waals surface area (Å²) in [6.07, 6.45) is 3.62. The van der Waals surface area contributed by atoms with Crippen LogP contribution < -0.4 is 10.6 Å². The van der Waals surface area contributed by atoms with Gasteiger partial charge in [0.15, 0.2) is 7.11 Å². The van der Waals surface area contributed by atoms with Gasteiger partial charge in [-0.1, -0.05) is 23.2 Å². The molecule has 2 aromatic heterocycles. The summed E-state index contributed by atoms with van der Waals surface area (Å²) in [5.41, 5.74) is 1.67. The topological polar surface area (TPSA) is 108 Å². The van der Waals surface area contributed by atoms with Gasteiger partial charge in [0, 0.05) is 17.0 Å². The number of rotatable bonds is 7. The summed E-state index contributed by atoms with van der Waals surface area (Å²) >= 11 is 12.1. The first kappa shape index (κ1) is 18.5. The number of hydrogen-bond donors (Lipinski definition) is 3. The average molecular weight is 421 g/mol. The second-order valence-corrected chi connectivity index (χ2v) is 7.07. The van der Waals surface area contributed by atoms with Crippen molar-refractivity contribution in [1.29, 1.82) is 0 Å². The van der Waals surface area contributed by atoms with Crippen LogP contribution in [0.15, 0.2) is 30.5 Å². The molecule has 2 heterocycles. The van der Waals surface area contributed by atoms with E-state index in [2.05, 4.69) is 30.8 Å². The molecule has 3 aromatic rings. The Morgan fingerprint density at radius 2 is 2.07 bits per heavy atom. The van der Waals surface area contributed by atoms with Gasteiger partial charge in [0.25, 0.3) is 4.92 Å². The van der Waals surface area contributed by atoms with Crippen LogP contribution in [0.3, 0.4) is 0 Å². The summed E-state index contributed by atoms with van der Waals surface area (Å²) < 4.78 is 0. The van der Waals surface area contributed by atoms with Crippen molar-refractivity contribution >= 4 is 52.2 Å². The Balaban J connectivity index is 1.63. The number of nitrogens with one attached hydrogen (secondary N) is 3. The Kier molecular flexibility index (Phi) is 5.01. The third-order valence-electron chi connectivity index (χ3n) is 4.16. The number of aromatic amines is 1. The molecule has 0 aliphatic heterocycles. The van der Waals surface area contributed by atoms with Crippen LogP contribution in [0.25, 0.3) is 0 Å². The van der Waals surface area contributed by atoms with Crippen LogP contribution >= 0.6 is 23.2 Å². The van der Waals surface area contributed by atoms with Crippen molar-refractivity contribution in [2.24, 2.45) is 0 Å². The summed E-state index contributed by atoms with van der Waals surface area (Å²) in [5, 5.41) is 14.2. The van der Waals surface area contributed by atoms with Crippen LogP contribution in [0.4, 0.5) is 29.0 Å². The molecule has 1 aliphatic rings. The van der Waals surface area contributed by atoms with Gasteiger partial charge in [0.2, 0.25) is 11.8 Å². The predicted octanol–water partition coefficient (Wildman–Crippen LogP) is 4.84. The minimum absolute atomic E-state index is 0.109. The van der Waals surface area contributed by atoms with E-state index in [0.29, 0.717) is 32.4 Å². The lowest BCUT2D eigenvalue weighted by Gasteiger charge is -2.09. The van der Waals surface area contributed by atoms with E-state index in [4.69, 9.17) is 28.0 Å². The number of nitrogens with zero attached hydrogens (tertiary/aromatic N) is 4. The second-order valence-electron chi connectivity index (χ2n) is 6.22. The lowest BCUT2D eigenvalue weighted by molar-refractivity contribution is -0.736. The molecular weight excluding hydrogens is 405 g/mol. The van der Waals surface area contributed by atoms with Gasteiger partial charge in [-0.05, 0) is 31.0 Å². The second kappa shape index (κ2) is 7.61. The van der Waals surface area contributed by atoms with Crippen LogP contribution in [0.2, 0.25) is 10.0 Å². The van der Waals surface area contributed by atoms with Gasteiger partial charge in [0.1, 0.15) is 12.0 Å². The zero-order valence-corrected chi connectivity index (χ0v) is 16.3. The van der Waals surface area contributed by atoms with E-state index in [1.165, 1.54) is 13.3 Å². The summed E-state index contributed by atoms with van der Waals surface area (Å²) in [7, 11) is 1.26. The quantitative estimate of drug-likeness (QED) is 0.469. The molecule has 1 fully saturated rings. The van der Waals surface area contributed by atoms with Crippen molar-refractivity contribution in [3.05, 3.63) is 51.1 Å². The van der Waals surface area contributed by atoms with Crippen molar-refractivity contribution in [1.82, 2.24) is 20.2 Å². The van der Waals surface area contributed by atoms with E-state index in [1.54, 1.807) is 18.2 Å². The summed E-state index contributed by atoms with van der Waals surface area (Å²) in [4.78, 5) is 25.6. The highest BCUT2D eigenvalue weighted by molar-refractivity contribution is 6.36. The van der Waals surface area contributed by atoms with Crippen molar-refractivity contribution in [3.8, 4) is 0 Å². The minimum Gasteiger partial charge on any atom is -0.323 e. The van der Waals surface area contributed by atoms with Gasteiger partial charge in [-0.3, -0.25) is 5.10 Å². The van der Waals surface area contributed by atoms with Gasteiger partial charge in [-0.2, -0.15) is 10.1 Å². The van der Waals surface area contributed by atoms with E-state index in [1.807, 2.05) is 6.07 Å². The molecule has 11 heteroatoms. The smallest absolute Gasteiger partial charge is 0.323 e. The maximum absolute atomic E-state index is 12.0. The highest BCUT2D eigenvalue weighted by Crippen LogP contribution is 2.40. The van der Waals surface area contributed by atoms with E-state index >= 15 is 0 Å². The van der Waals surface area contributed by atoms with Crippen molar-refractivity contribution in [2.45, 2.75) is 18.8 Å². The van der Waals surface area contributed by atoms with Gasteiger partial charge in [-0.25, -0.2) is 9.82 Å². The first-order chi connectivity index (χ1) is 13.5. The molecule has 9 nitrogen and oxygen atoms in total.